The van der Waals surface area contributed by atoms with Crippen molar-refractivity contribution in [3.8, 4) is 5.75 Å². The van der Waals surface area contributed by atoms with E-state index in [0.717, 1.165) is 0 Å². The lowest BCUT2D eigenvalue weighted by atomic mass is 9.44. The molecule has 5 aliphatic rings. The number of carbonyl (C=O) groups excluding carboxylic acids is 3. The predicted octanol–water partition coefficient (Wildman–Crippen LogP) is 2.75. The second-order valence-electron chi connectivity index (χ2n) is 9.30. The number of alkyl halides is 3. The molecule has 4 fully saturated rings. The van der Waals surface area contributed by atoms with Crippen LogP contribution in [-0.2, 0) is 14.3 Å². The minimum Gasteiger partial charge on any atom is -0.479 e. The van der Waals surface area contributed by atoms with Crippen molar-refractivity contribution in [1.82, 2.24) is 10.6 Å². The number of ether oxygens (including phenoxy) is 2. The molecule has 7 nitrogen and oxygen atoms in total. The Bertz CT molecular complexity index is 994. The maximum atomic E-state index is 12.7. The van der Waals surface area contributed by atoms with E-state index in [1.54, 1.807) is 12.1 Å². The average Bonchev–Trinajstić information content (AvgIpc) is 3.43. The van der Waals surface area contributed by atoms with Crippen LogP contribution < -0.4 is 15.4 Å². The number of fused-ring (bicyclic) bond motifs is 1. The molecule has 0 saturated heterocycles. The normalized spacial score (nSPS) is 34.4. The molecule has 4 saturated carbocycles. The molecule has 1 heterocycles. The summed E-state index contributed by atoms with van der Waals surface area (Å²) in [6.45, 7) is -0.510. The molecule has 2 amide bonds. The molecule has 11 heteroatoms. The monoisotopic (exact) mass is 472 g/mol. The van der Waals surface area contributed by atoms with Gasteiger partial charge in [0.05, 0.1) is 18.6 Å². The van der Waals surface area contributed by atoms with Crippen LogP contribution in [0.2, 0.25) is 5.02 Å². The summed E-state index contributed by atoms with van der Waals surface area (Å²) in [6, 6.07) is 4.66. The molecule has 0 radical (unpaired) electrons. The summed E-state index contributed by atoms with van der Waals surface area (Å²) in [5, 5.41) is 6.28. The summed E-state index contributed by atoms with van der Waals surface area (Å²) in [6.07, 6.45) is -3.71. The molecule has 172 valence electrons. The molecule has 0 unspecified atom stereocenters. The van der Waals surface area contributed by atoms with Gasteiger partial charge in [-0.05, 0) is 49.8 Å². The first-order valence-electron chi connectivity index (χ1n) is 10.3. The van der Waals surface area contributed by atoms with Gasteiger partial charge in [-0.25, -0.2) is 0 Å². The van der Waals surface area contributed by atoms with Crippen LogP contribution in [0.4, 0.5) is 13.2 Å². The van der Waals surface area contributed by atoms with E-state index >= 15 is 0 Å². The Balaban J connectivity index is 1.09. The summed E-state index contributed by atoms with van der Waals surface area (Å²) in [5.41, 5.74) is -0.512. The largest absolute Gasteiger partial charge is 0.522 e. The number of rotatable bonds is 6. The lowest BCUT2D eigenvalue weighted by Gasteiger charge is -2.70. The molecular weight excluding hydrogens is 453 g/mol. The zero-order valence-electron chi connectivity index (χ0n) is 16.8. The number of ketones is 1. The maximum absolute atomic E-state index is 12.7. The van der Waals surface area contributed by atoms with E-state index in [9.17, 15) is 27.6 Å². The number of hydrogen-bond acceptors (Lipinski definition) is 5. The summed E-state index contributed by atoms with van der Waals surface area (Å²) in [7, 11) is 0. The first-order valence-corrected chi connectivity index (χ1v) is 10.7. The first kappa shape index (κ1) is 21.5. The second-order valence-corrected chi connectivity index (χ2v) is 9.74. The third-order valence-corrected chi connectivity index (χ3v) is 6.94. The molecule has 2 bridgehead atoms. The van der Waals surface area contributed by atoms with Crippen molar-refractivity contribution in [2.24, 2.45) is 11.8 Å². The van der Waals surface area contributed by atoms with Gasteiger partial charge >= 0.3 is 6.36 Å². The van der Waals surface area contributed by atoms with Gasteiger partial charge < -0.3 is 15.4 Å². The Morgan fingerprint density at radius 1 is 1.16 bits per heavy atom. The highest BCUT2D eigenvalue weighted by molar-refractivity contribution is 6.31. The van der Waals surface area contributed by atoms with Crippen LogP contribution in [0.15, 0.2) is 18.2 Å². The van der Waals surface area contributed by atoms with Crippen molar-refractivity contribution in [3.63, 3.8) is 0 Å². The summed E-state index contributed by atoms with van der Waals surface area (Å²) >= 11 is 5.91. The number of nitrogens with one attached hydrogen (secondary N) is 2. The van der Waals surface area contributed by atoms with Crippen molar-refractivity contribution in [2.75, 3.05) is 6.61 Å². The topological polar surface area (TPSA) is 93.7 Å². The van der Waals surface area contributed by atoms with E-state index in [4.69, 9.17) is 16.3 Å². The third-order valence-electron chi connectivity index (χ3n) is 6.70. The molecular formula is C21H20ClF3N2O5. The van der Waals surface area contributed by atoms with Gasteiger partial charge in [0.15, 0.2) is 11.9 Å². The number of halogens is 4. The van der Waals surface area contributed by atoms with E-state index < -0.39 is 42.0 Å². The van der Waals surface area contributed by atoms with Crippen LogP contribution in [-0.4, -0.2) is 47.7 Å². The smallest absolute Gasteiger partial charge is 0.479 e. The number of hydrogen-bond donors (Lipinski definition) is 2. The molecule has 3 atom stereocenters. The van der Waals surface area contributed by atoms with E-state index in [1.165, 1.54) is 6.07 Å². The zero-order chi connectivity index (χ0) is 22.9. The van der Waals surface area contributed by atoms with Crippen molar-refractivity contribution < 1.29 is 37.0 Å². The van der Waals surface area contributed by atoms with E-state index in [0.29, 0.717) is 42.0 Å². The Kier molecular flexibility index (Phi) is 4.76. The maximum Gasteiger partial charge on any atom is 0.522 e. The van der Waals surface area contributed by atoms with E-state index in [-0.39, 0.29) is 24.0 Å². The van der Waals surface area contributed by atoms with Gasteiger partial charge in [0, 0.05) is 22.0 Å². The highest BCUT2D eigenvalue weighted by Gasteiger charge is 2.70. The minimum absolute atomic E-state index is 0.0831. The van der Waals surface area contributed by atoms with Gasteiger partial charge in [-0.15, -0.1) is 13.2 Å². The molecule has 1 aromatic carbocycles. The van der Waals surface area contributed by atoms with Crippen LogP contribution in [0, 0.1) is 11.8 Å². The first-order chi connectivity index (χ1) is 15.0. The van der Waals surface area contributed by atoms with Gasteiger partial charge in [0.2, 0.25) is 5.91 Å². The van der Waals surface area contributed by atoms with Crippen molar-refractivity contribution >= 4 is 29.2 Å². The standard InChI is InChI=1S/C21H20ClF3N2O5/c22-11-1-2-15-13(4-11)14(28)5-16(32-15)18(30)27-20-7-19(8-20,9-20)26-17(29)12-3-10(12)6-31-21(23,24)25/h1-2,4,10,12,16H,3,5-9H2,(H,26,29)(H,27,30)/t10-,12-,16-,19?,20?/m1/s1. The van der Waals surface area contributed by atoms with Gasteiger partial charge in [-0.3, -0.25) is 19.1 Å². The van der Waals surface area contributed by atoms with Gasteiger partial charge in [0.25, 0.3) is 5.91 Å². The number of amides is 2. The summed E-state index contributed by atoms with van der Waals surface area (Å²) < 4.78 is 45.8. The molecule has 4 aliphatic carbocycles. The van der Waals surface area contributed by atoms with Crippen molar-refractivity contribution in [2.45, 2.75) is 55.6 Å². The Labute approximate surface area is 185 Å². The van der Waals surface area contributed by atoms with Crippen LogP contribution in [0.1, 0.15) is 42.5 Å². The minimum atomic E-state index is -4.69. The lowest BCUT2D eigenvalue weighted by molar-refractivity contribution is -0.326. The van der Waals surface area contributed by atoms with Crippen LogP contribution in [0.3, 0.4) is 0 Å². The van der Waals surface area contributed by atoms with Crippen molar-refractivity contribution in [1.29, 1.82) is 0 Å². The fourth-order valence-electron chi connectivity index (χ4n) is 5.15. The number of Topliss-reactive ketones (excluding diaryl/α,β-unsaturated/α-hetero) is 1. The van der Waals surface area contributed by atoms with Gasteiger partial charge in [-0.2, -0.15) is 0 Å². The number of carbonyl (C=O) groups is 3. The highest BCUT2D eigenvalue weighted by atomic mass is 35.5. The Morgan fingerprint density at radius 2 is 1.81 bits per heavy atom. The van der Waals surface area contributed by atoms with Gasteiger partial charge in [0.1, 0.15) is 5.75 Å². The molecule has 0 aromatic heterocycles. The third kappa shape index (κ3) is 3.94. The summed E-state index contributed by atoms with van der Waals surface area (Å²) in [4.78, 5) is 37.4. The molecule has 6 rings (SSSR count). The molecule has 1 aliphatic heterocycles. The van der Waals surface area contributed by atoms with E-state index in [2.05, 4.69) is 15.4 Å². The van der Waals surface area contributed by atoms with Crippen LogP contribution >= 0.6 is 11.6 Å². The van der Waals surface area contributed by atoms with E-state index in [1.807, 2.05) is 0 Å². The summed E-state index contributed by atoms with van der Waals surface area (Å²) in [5.74, 6) is -1.44. The zero-order valence-corrected chi connectivity index (χ0v) is 17.5. The lowest BCUT2D eigenvalue weighted by Crippen LogP contribution is -2.84. The molecule has 2 N–H and O–H groups in total. The Morgan fingerprint density at radius 3 is 2.47 bits per heavy atom. The second kappa shape index (κ2) is 7.08. The SMILES string of the molecule is O=C1C[C@H](C(=O)NC23CC(NC(=O)[C@@H]4C[C@@H]4COC(F)(F)F)(C2)C3)Oc2ccc(Cl)cc21. The van der Waals surface area contributed by atoms with Crippen molar-refractivity contribution in [3.05, 3.63) is 28.8 Å². The molecule has 0 spiro atoms. The quantitative estimate of drug-likeness (QED) is 0.664. The Hall–Kier alpha value is -2.33. The van der Waals surface area contributed by atoms with Gasteiger partial charge in [-0.1, -0.05) is 11.6 Å². The number of benzene rings is 1. The molecule has 1 aromatic rings. The van der Waals surface area contributed by atoms with Crippen LogP contribution in [0.5, 0.6) is 5.75 Å². The molecule has 32 heavy (non-hydrogen) atoms. The average molecular weight is 473 g/mol. The fourth-order valence-corrected chi connectivity index (χ4v) is 5.32. The highest BCUT2D eigenvalue weighted by Crippen LogP contribution is 2.61. The fraction of sp³-hybridized carbons (Fsp3) is 0.571. The predicted molar refractivity (Wildman–Crippen MR) is 104 cm³/mol. The van der Waals surface area contributed by atoms with Crippen LogP contribution in [0.25, 0.3) is 0 Å².